The van der Waals surface area contributed by atoms with Crippen molar-refractivity contribution < 1.29 is 9.90 Å². The van der Waals surface area contributed by atoms with E-state index in [0.29, 0.717) is 12.0 Å². The number of rotatable bonds is 1. The van der Waals surface area contributed by atoms with Gasteiger partial charge in [0, 0.05) is 23.7 Å². The van der Waals surface area contributed by atoms with E-state index in [2.05, 4.69) is 11.8 Å². The predicted molar refractivity (Wildman–Crippen MR) is 77.3 cm³/mol. The molecule has 2 unspecified atom stereocenters. The first-order chi connectivity index (χ1) is 9.70. The maximum Gasteiger partial charge on any atom is 0.254 e. The fourth-order valence-corrected chi connectivity index (χ4v) is 3.47. The van der Waals surface area contributed by atoms with Gasteiger partial charge in [-0.1, -0.05) is 17.9 Å². The minimum absolute atomic E-state index is 0.141. The van der Waals surface area contributed by atoms with E-state index in [9.17, 15) is 4.79 Å². The maximum atomic E-state index is 12.7. The molecule has 1 amide bonds. The Hall–Kier alpha value is -1.79. The third-order valence-electron chi connectivity index (χ3n) is 4.54. The van der Waals surface area contributed by atoms with Crippen LogP contribution in [0.5, 0.6) is 0 Å². The van der Waals surface area contributed by atoms with Crippen LogP contribution in [0.15, 0.2) is 18.2 Å². The first-order valence-corrected chi connectivity index (χ1v) is 7.21. The number of carbonyl (C=O) groups excluding carboxylic acids is 1. The van der Waals surface area contributed by atoms with Gasteiger partial charge in [-0.3, -0.25) is 4.79 Å². The molecule has 3 nitrogen and oxygen atoms in total. The van der Waals surface area contributed by atoms with Gasteiger partial charge in [0.15, 0.2) is 0 Å². The topological polar surface area (TPSA) is 40.5 Å². The smallest absolute Gasteiger partial charge is 0.254 e. The van der Waals surface area contributed by atoms with Crippen LogP contribution in [-0.2, 0) is 0 Å². The van der Waals surface area contributed by atoms with Crippen LogP contribution in [0.25, 0.3) is 0 Å². The van der Waals surface area contributed by atoms with Crippen molar-refractivity contribution in [1.82, 2.24) is 4.90 Å². The van der Waals surface area contributed by atoms with Crippen molar-refractivity contribution in [3.8, 4) is 11.8 Å². The lowest BCUT2D eigenvalue weighted by Gasteiger charge is -2.27. The van der Waals surface area contributed by atoms with E-state index in [1.807, 2.05) is 30.0 Å². The number of carbonyl (C=O) groups is 1. The van der Waals surface area contributed by atoms with Gasteiger partial charge in [-0.2, -0.15) is 0 Å². The second-order valence-corrected chi connectivity index (χ2v) is 5.73. The summed E-state index contributed by atoms with van der Waals surface area (Å²) in [5.74, 6) is 6.41. The Balaban J connectivity index is 1.88. The largest absolute Gasteiger partial charge is 0.384 e. The number of nitrogens with zero attached hydrogens (tertiary/aromatic N) is 1. The molecular weight excluding hydrogens is 250 g/mol. The Morgan fingerprint density at radius 3 is 2.95 bits per heavy atom. The van der Waals surface area contributed by atoms with Gasteiger partial charge in [-0.25, -0.2) is 0 Å². The number of hydrogen-bond acceptors (Lipinski definition) is 2. The molecule has 20 heavy (non-hydrogen) atoms. The zero-order chi connectivity index (χ0) is 14.1. The summed E-state index contributed by atoms with van der Waals surface area (Å²) in [6, 6.07) is 6.09. The van der Waals surface area contributed by atoms with Crippen LogP contribution < -0.4 is 0 Å². The third kappa shape index (κ3) is 2.21. The average Bonchev–Trinajstić information content (AvgIpc) is 3.08. The number of hydrogen-bond donors (Lipinski definition) is 1. The lowest BCUT2D eigenvalue weighted by Crippen LogP contribution is -2.38. The Labute approximate surface area is 119 Å². The van der Waals surface area contributed by atoms with Crippen LogP contribution in [0, 0.1) is 24.7 Å². The van der Waals surface area contributed by atoms with Crippen LogP contribution in [0.3, 0.4) is 0 Å². The SMILES string of the molecule is Cc1c(C#CCO)cccc1C(=O)N1CC2CCC1C2. The summed E-state index contributed by atoms with van der Waals surface area (Å²) in [5, 5.41) is 8.79. The molecule has 3 heteroatoms. The molecule has 1 heterocycles. The van der Waals surface area contributed by atoms with Gasteiger partial charge in [-0.05, 0) is 49.8 Å². The second-order valence-electron chi connectivity index (χ2n) is 5.73. The molecule has 2 atom stereocenters. The highest BCUT2D eigenvalue weighted by Crippen LogP contribution is 2.38. The molecule has 2 bridgehead atoms. The monoisotopic (exact) mass is 269 g/mol. The molecule has 0 aromatic heterocycles. The molecule has 2 fully saturated rings. The summed E-state index contributed by atoms with van der Waals surface area (Å²) in [6.07, 6.45) is 3.60. The van der Waals surface area contributed by atoms with Crippen LogP contribution in [0.2, 0.25) is 0 Å². The van der Waals surface area contributed by atoms with Crippen molar-refractivity contribution in [2.75, 3.05) is 13.2 Å². The molecule has 1 aromatic carbocycles. The minimum atomic E-state index is -0.159. The first-order valence-electron chi connectivity index (χ1n) is 7.21. The van der Waals surface area contributed by atoms with Crippen LogP contribution in [-0.4, -0.2) is 35.1 Å². The molecule has 0 radical (unpaired) electrons. The maximum absolute atomic E-state index is 12.7. The Kier molecular flexibility index (Phi) is 3.50. The van der Waals surface area contributed by atoms with Crippen LogP contribution in [0.4, 0.5) is 0 Å². The van der Waals surface area contributed by atoms with E-state index in [-0.39, 0.29) is 12.5 Å². The molecule has 1 saturated carbocycles. The zero-order valence-corrected chi connectivity index (χ0v) is 11.7. The summed E-state index contributed by atoms with van der Waals surface area (Å²) in [4.78, 5) is 14.8. The highest BCUT2D eigenvalue weighted by atomic mass is 16.2. The summed E-state index contributed by atoms with van der Waals surface area (Å²) >= 11 is 0. The molecular formula is C17H19NO2. The molecule has 1 saturated heterocycles. The van der Waals surface area contributed by atoms with Crippen molar-refractivity contribution >= 4 is 5.91 Å². The molecule has 3 rings (SSSR count). The molecule has 1 aliphatic heterocycles. The Morgan fingerprint density at radius 2 is 2.30 bits per heavy atom. The second kappa shape index (κ2) is 5.30. The summed E-state index contributed by atoms with van der Waals surface area (Å²) in [7, 11) is 0. The molecule has 1 N–H and O–H groups in total. The normalized spacial score (nSPS) is 23.6. The highest BCUT2D eigenvalue weighted by molar-refractivity contribution is 5.96. The number of benzene rings is 1. The number of aliphatic hydroxyl groups is 1. The average molecular weight is 269 g/mol. The fraction of sp³-hybridized carbons (Fsp3) is 0.471. The molecule has 0 spiro atoms. The first kappa shape index (κ1) is 13.2. The summed E-state index contributed by atoms with van der Waals surface area (Å²) in [6.45, 7) is 2.69. The van der Waals surface area contributed by atoms with Gasteiger partial charge in [-0.15, -0.1) is 0 Å². The van der Waals surface area contributed by atoms with Crippen molar-refractivity contribution in [3.05, 3.63) is 34.9 Å². The van der Waals surface area contributed by atoms with E-state index in [1.165, 1.54) is 12.8 Å². The van der Waals surface area contributed by atoms with Crippen molar-refractivity contribution in [3.63, 3.8) is 0 Å². The van der Waals surface area contributed by atoms with Gasteiger partial charge in [0.25, 0.3) is 5.91 Å². The highest BCUT2D eigenvalue weighted by Gasteiger charge is 2.40. The van der Waals surface area contributed by atoms with Crippen molar-refractivity contribution in [1.29, 1.82) is 0 Å². The van der Waals surface area contributed by atoms with E-state index >= 15 is 0 Å². The third-order valence-corrected chi connectivity index (χ3v) is 4.54. The predicted octanol–water partition coefficient (Wildman–Crippen LogP) is 1.96. The molecule has 1 aliphatic carbocycles. The standard InChI is InChI=1S/C17H19NO2/c1-12-14(5-3-9-19)4-2-6-16(12)17(20)18-11-13-7-8-15(18)10-13/h2,4,6,13,15,19H,7-11H2,1H3. The van der Waals surface area contributed by atoms with Gasteiger partial charge in [0.05, 0.1) is 0 Å². The molecule has 104 valence electrons. The van der Waals surface area contributed by atoms with E-state index < -0.39 is 0 Å². The lowest BCUT2D eigenvalue weighted by atomic mass is 10.0. The number of piperidine rings is 1. The Bertz CT molecular complexity index is 597. The number of fused-ring (bicyclic) bond motifs is 2. The van der Waals surface area contributed by atoms with Gasteiger partial charge in [0.1, 0.15) is 6.61 Å². The molecule has 2 aliphatic rings. The minimum Gasteiger partial charge on any atom is -0.384 e. The van der Waals surface area contributed by atoms with Crippen molar-refractivity contribution in [2.24, 2.45) is 5.92 Å². The van der Waals surface area contributed by atoms with E-state index in [0.717, 1.165) is 29.7 Å². The lowest BCUT2D eigenvalue weighted by molar-refractivity contribution is 0.0703. The molecule has 1 aromatic rings. The van der Waals surface area contributed by atoms with Gasteiger partial charge < -0.3 is 10.0 Å². The van der Waals surface area contributed by atoms with Gasteiger partial charge in [0.2, 0.25) is 0 Å². The number of amides is 1. The quantitative estimate of drug-likeness (QED) is 0.792. The zero-order valence-electron chi connectivity index (χ0n) is 11.7. The summed E-state index contributed by atoms with van der Waals surface area (Å²) < 4.78 is 0. The number of likely N-dealkylation sites (tertiary alicyclic amines) is 1. The van der Waals surface area contributed by atoms with Crippen LogP contribution in [0.1, 0.15) is 40.7 Å². The van der Waals surface area contributed by atoms with Crippen molar-refractivity contribution in [2.45, 2.75) is 32.2 Å². The number of aliphatic hydroxyl groups excluding tert-OH is 1. The van der Waals surface area contributed by atoms with Gasteiger partial charge >= 0.3 is 0 Å². The fourth-order valence-electron chi connectivity index (χ4n) is 3.47. The summed E-state index contributed by atoms with van der Waals surface area (Å²) in [5.41, 5.74) is 2.50. The van der Waals surface area contributed by atoms with Crippen LogP contribution >= 0.6 is 0 Å². The Morgan fingerprint density at radius 1 is 1.45 bits per heavy atom. The van der Waals surface area contributed by atoms with E-state index in [4.69, 9.17) is 5.11 Å². The van der Waals surface area contributed by atoms with E-state index in [1.54, 1.807) is 0 Å².